The maximum Gasteiger partial charge on any atom is 0.315 e. The number of benzene rings is 1. The zero-order chi connectivity index (χ0) is 12.3. The summed E-state index contributed by atoms with van der Waals surface area (Å²) in [6.45, 7) is 3.02. The molecule has 1 aromatic rings. The normalized spacial score (nSPS) is 11.9. The molecule has 16 heavy (non-hydrogen) atoms. The Morgan fingerprint density at radius 1 is 1.38 bits per heavy atom. The predicted octanol–water partition coefficient (Wildman–Crippen LogP) is 1.36. The Morgan fingerprint density at radius 3 is 2.50 bits per heavy atom. The van der Waals surface area contributed by atoms with Crippen LogP contribution in [0.25, 0.3) is 0 Å². The van der Waals surface area contributed by atoms with Crippen LogP contribution in [-0.4, -0.2) is 22.1 Å². The minimum absolute atomic E-state index is 0.0989. The fraction of sp³-hybridized carbons (Fsp3) is 0.273. The average molecular weight is 223 g/mol. The quantitative estimate of drug-likeness (QED) is 0.533. The molecule has 0 fully saturated rings. The van der Waals surface area contributed by atoms with Crippen molar-refractivity contribution in [3.05, 3.63) is 23.8 Å². The second kappa shape index (κ2) is 4.65. The molecular formula is C11H13NO4. The number of carbonyl (C=O) groups is 2. The first-order valence-electron chi connectivity index (χ1n) is 4.75. The number of aliphatic carboxylic acids is 1. The maximum atomic E-state index is 11.4. The van der Waals surface area contributed by atoms with Crippen LogP contribution < -0.4 is 5.32 Å². The van der Waals surface area contributed by atoms with Crippen LogP contribution in [0.15, 0.2) is 18.2 Å². The molecular weight excluding hydrogens is 210 g/mol. The van der Waals surface area contributed by atoms with E-state index in [4.69, 9.17) is 10.2 Å². The lowest BCUT2D eigenvalue weighted by molar-refractivity contribution is -0.144. The molecule has 5 nitrogen and oxygen atoms in total. The van der Waals surface area contributed by atoms with Crippen molar-refractivity contribution < 1.29 is 19.8 Å². The molecule has 1 rings (SSSR count). The van der Waals surface area contributed by atoms with Crippen LogP contribution in [0.3, 0.4) is 0 Å². The Bertz CT molecular complexity index is 428. The number of rotatable bonds is 3. The maximum absolute atomic E-state index is 11.4. The molecule has 0 heterocycles. The first-order valence-corrected chi connectivity index (χ1v) is 4.75. The smallest absolute Gasteiger partial charge is 0.315 e. The molecule has 0 saturated heterocycles. The summed E-state index contributed by atoms with van der Waals surface area (Å²) < 4.78 is 0. The van der Waals surface area contributed by atoms with Gasteiger partial charge in [0.05, 0.1) is 0 Å². The molecule has 5 heteroatoms. The van der Waals surface area contributed by atoms with Crippen LogP contribution >= 0.6 is 0 Å². The molecule has 0 saturated carbocycles. The average Bonchev–Trinajstić information content (AvgIpc) is 2.20. The molecule has 1 unspecified atom stereocenters. The highest BCUT2D eigenvalue weighted by Gasteiger charge is 2.20. The van der Waals surface area contributed by atoms with Gasteiger partial charge < -0.3 is 15.5 Å². The van der Waals surface area contributed by atoms with E-state index in [2.05, 4.69) is 5.32 Å². The zero-order valence-electron chi connectivity index (χ0n) is 9.02. The third-order valence-corrected chi connectivity index (χ3v) is 2.23. The Balaban J connectivity index is 2.81. The van der Waals surface area contributed by atoms with Gasteiger partial charge in [0.1, 0.15) is 11.7 Å². The summed E-state index contributed by atoms with van der Waals surface area (Å²) in [6, 6.07) is 4.44. The van der Waals surface area contributed by atoms with Gasteiger partial charge in [0.15, 0.2) is 0 Å². The van der Waals surface area contributed by atoms with Crippen LogP contribution in [0.4, 0.5) is 5.69 Å². The van der Waals surface area contributed by atoms with E-state index in [1.165, 1.54) is 25.1 Å². The van der Waals surface area contributed by atoms with Gasteiger partial charge in [-0.25, -0.2) is 0 Å². The predicted molar refractivity (Wildman–Crippen MR) is 58.3 cm³/mol. The number of phenols is 1. The number of hydrogen-bond donors (Lipinski definition) is 3. The van der Waals surface area contributed by atoms with E-state index < -0.39 is 17.8 Å². The highest BCUT2D eigenvalue weighted by Crippen LogP contribution is 2.20. The number of hydrogen-bond acceptors (Lipinski definition) is 3. The van der Waals surface area contributed by atoms with Gasteiger partial charge in [0, 0.05) is 5.69 Å². The first kappa shape index (κ1) is 12.0. The monoisotopic (exact) mass is 223 g/mol. The van der Waals surface area contributed by atoms with Crippen molar-refractivity contribution in [2.24, 2.45) is 5.92 Å². The number of carbonyl (C=O) groups excluding carboxylic acids is 1. The number of nitrogens with one attached hydrogen (secondary N) is 1. The molecule has 0 spiro atoms. The standard InChI is InChI=1S/C11H13NO4/c1-6-5-8(13)3-4-9(6)12-10(14)7(2)11(15)16/h3-5,7,13H,1-2H3,(H,12,14)(H,15,16). The molecule has 1 amide bonds. The van der Waals surface area contributed by atoms with Gasteiger partial charge in [0.2, 0.25) is 5.91 Å². The van der Waals surface area contributed by atoms with E-state index in [1.807, 2.05) is 0 Å². The van der Waals surface area contributed by atoms with Gasteiger partial charge in [-0.3, -0.25) is 9.59 Å². The van der Waals surface area contributed by atoms with E-state index in [0.717, 1.165) is 0 Å². The number of carboxylic acids is 1. The lowest BCUT2D eigenvalue weighted by Crippen LogP contribution is -2.27. The summed E-state index contributed by atoms with van der Waals surface area (Å²) >= 11 is 0. The van der Waals surface area contributed by atoms with Crippen molar-refractivity contribution in [2.75, 3.05) is 5.32 Å². The molecule has 0 aliphatic heterocycles. The topological polar surface area (TPSA) is 86.6 Å². The summed E-state index contributed by atoms with van der Waals surface area (Å²) in [5.41, 5.74) is 1.17. The number of phenolic OH excluding ortho intramolecular Hbond substituents is 1. The third-order valence-electron chi connectivity index (χ3n) is 2.23. The molecule has 0 radical (unpaired) electrons. The van der Waals surface area contributed by atoms with Crippen LogP contribution in [0, 0.1) is 12.8 Å². The van der Waals surface area contributed by atoms with Crippen molar-refractivity contribution in [3.63, 3.8) is 0 Å². The minimum atomic E-state index is -1.17. The molecule has 86 valence electrons. The lowest BCUT2D eigenvalue weighted by Gasteiger charge is -2.10. The fourth-order valence-electron chi connectivity index (χ4n) is 1.14. The molecule has 1 atom stereocenters. The molecule has 3 N–H and O–H groups in total. The number of amides is 1. The Kier molecular flexibility index (Phi) is 3.50. The highest BCUT2D eigenvalue weighted by atomic mass is 16.4. The number of carboxylic acid groups (broad SMARTS) is 1. The summed E-state index contributed by atoms with van der Waals surface area (Å²) in [5, 5.41) is 20.3. The summed E-state index contributed by atoms with van der Waals surface area (Å²) in [7, 11) is 0. The number of aryl methyl sites for hydroxylation is 1. The molecule has 0 aromatic heterocycles. The SMILES string of the molecule is Cc1cc(O)ccc1NC(=O)C(C)C(=O)O. The van der Waals surface area contributed by atoms with Crippen molar-refractivity contribution in [3.8, 4) is 5.75 Å². The summed E-state index contributed by atoms with van der Waals surface area (Å²) in [6.07, 6.45) is 0. The van der Waals surface area contributed by atoms with Crippen molar-refractivity contribution in [1.29, 1.82) is 0 Å². The Morgan fingerprint density at radius 2 is 2.00 bits per heavy atom. The third kappa shape index (κ3) is 2.73. The second-order valence-electron chi connectivity index (χ2n) is 3.55. The molecule has 0 aliphatic carbocycles. The first-order chi connectivity index (χ1) is 7.41. The van der Waals surface area contributed by atoms with Gasteiger partial charge in [-0.2, -0.15) is 0 Å². The van der Waals surface area contributed by atoms with E-state index in [0.29, 0.717) is 11.3 Å². The molecule has 1 aromatic carbocycles. The van der Waals surface area contributed by atoms with Crippen molar-refractivity contribution in [1.82, 2.24) is 0 Å². The van der Waals surface area contributed by atoms with Gasteiger partial charge in [-0.15, -0.1) is 0 Å². The van der Waals surface area contributed by atoms with Crippen LogP contribution in [0.2, 0.25) is 0 Å². The van der Waals surface area contributed by atoms with Crippen LogP contribution in [0.5, 0.6) is 5.75 Å². The van der Waals surface area contributed by atoms with Gasteiger partial charge >= 0.3 is 5.97 Å². The number of anilines is 1. The van der Waals surface area contributed by atoms with Gasteiger partial charge in [-0.05, 0) is 37.6 Å². The second-order valence-corrected chi connectivity index (χ2v) is 3.55. The minimum Gasteiger partial charge on any atom is -0.508 e. The molecule has 0 aliphatic rings. The van der Waals surface area contributed by atoms with E-state index in [-0.39, 0.29) is 5.75 Å². The van der Waals surface area contributed by atoms with Crippen molar-refractivity contribution >= 4 is 17.6 Å². The Labute approximate surface area is 92.7 Å². The van der Waals surface area contributed by atoms with Crippen LogP contribution in [0.1, 0.15) is 12.5 Å². The van der Waals surface area contributed by atoms with E-state index in [9.17, 15) is 9.59 Å². The highest BCUT2D eigenvalue weighted by molar-refractivity contribution is 6.04. The zero-order valence-corrected chi connectivity index (χ0v) is 9.02. The number of aromatic hydroxyl groups is 1. The summed E-state index contributed by atoms with van der Waals surface area (Å²) in [5.74, 6) is -2.76. The van der Waals surface area contributed by atoms with Crippen LogP contribution in [-0.2, 0) is 9.59 Å². The van der Waals surface area contributed by atoms with Crippen molar-refractivity contribution in [2.45, 2.75) is 13.8 Å². The Hall–Kier alpha value is -2.04. The van der Waals surface area contributed by atoms with Gasteiger partial charge in [-0.1, -0.05) is 0 Å². The largest absolute Gasteiger partial charge is 0.508 e. The van der Waals surface area contributed by atoms with E-state index >= 15 is 0 Å². The van der Waals surface area contributed by atoms with Gasteiger partial charge in [0.25, 0.3) is 0 Å². The molecule has 0 bridgehead atoms. The lowest BCUT2D eigenvalue weighted by atomic mass is 10.1. The summed E-state index contributed by atoms with van der Waals surface area (Å²) in [4.78, 5) is 22.0. The van der Waals surface area contributed by atoms with E-state index in [1.54, 1.807) is 6.92 Å². The fourth-order valence-corrected chi connectivity index (χ4v) is 1.14.